The van der Waals surface area contributed by atoms with Gasteiger partial charge in [-0.1, -0.05) is 11.6 Å². The summed E-state index contributed by atoms with van der Waals surface area (Å²) in [4.78, 5) is 9.36. The van der Waals surface area contributed by atoms with E-state index in [1.54, 1.807) is 0 Å². The lowest BCUT2D eigenvalue weighted by atomic mass is 10.1. The monoisotopic (exact) mass is 341 g/mol. The van der Waals surface area contributed by atoms with Crippen molar-refractivity contribution < 1.29 is 0 Å². The first-order chi connectivity index (χ1) is 11.7. The van der Waals surface area contributed by atoms with E-state index in [0.29, 0.717) is 0 Å². The molecule has 3 aromatic rings. The molecule has 1 aliphatic rings. The molecule has 0 saturated carbocycles. The number of nitrogens with zero attached hydrogens (tertiary/aromatic N) is 5. The van der Waals surface area contributed by atoms with Crippen molar-refractivity contribution in [2.75, 3.05) is 31.1 Å². The maximum atomic E-state index is 6.09. The number of aryl methyl sites for hydroxylation is 1. The van der Waals surface area contributed by atoms with Crippen LogP contribution in [0.25, 0.3) is 10.9 Å². The topological polar surface area (TPSA) is 37.2 Å². The van der Waals surface area contributed by atoms with Crippen molar-refractivity contribution in [3.63, 3.8) is 0 Å². The standard InChI is InChI=1S/C18H20ClN5/c1-22-15(4-7-21-22)13-23-8-10-24(11-9-23)18-5-6-20-17-12-14(19)2-3-16(17)18/h2-7,12H,8-11,13H2,1H3. The maximum Gasteiger partial charge on any atom is 0.0737 e. The first kappa shape index (κ1) is 15.4. The van der Waals surface area contributed by atoms with E-state index in [2.05, 4.69) is 38.1 Å². The Labute approximate surface area is 146 Å². The summed E-state index contributed by atoms with van der Waals surface area (Å²) < 4.78 is 1.95. The second-order valence-electron chi connectivity index (χ2n) is 6.20. The molecule has 5 nitrogen and oxygen atoms in total. The molecule has 0 aliphatic carbocycles. The van der Waals surface area contributed by atoms with E-state index < -0.39 is 0 Å². The van der Waals surface area contributed by atoms with Gasteiger partial charge in [-0.05, 0) is 30.3 Å². The van der Waals surface area contributed by atoms with Gasteiger partial charge in [-0.25, -0.2) is 0 Å². The third-order valence-electron chi connectivity index (χ3n) is 4.70. The molecule has 4 rings (SSSR count). The van der Waals surface area contributed by atoms with Crippen LogP contribution in [0.2, 0.25) is 5.02 Å². The van der Waals surface area contributed by atoms with Gasteiger partial charge in [0.1, 0.15) is 0 Å². The number of piperazine rings is 1. The van der Waals surface area contributed by atoms with Crippen molar-refractivity contribution >= 4 is 28.2 Å². The summed E-state index contributed by atoms with van der Waals surface area (Å²) in [5, 5.41) is 6.15. The molecule has 0 amide bonds. The number of rotatable bonds is 3. The molecule has 6 heteroatoms. The van der Waals surface area contributed by atoms with Gasteiger partial charge in [-0.2, -0.15) is 5.10 Å². The molecule has 1 aliphatic heterocycles. The van der Waals surface area contributed by atoms with Crippen molar-refractivity contribution in [1.29, 1.82) is 0 Å². The Hall–Kier alpha value is -2.11. The van der Waals surface area contributed by atoms with Gasteiger partial charge in [0.05, 0.1) is 11.2 Å². The number of aromatic nitrogens is 3. The van der Waals surface area contributed by atoms with Crippen LogP contribution in [-0.4, -0.2) is 45.8 Å². The van der Waals surface area contributed by atoms with Crippen LogP contribution >= 0.6 is 11.6 Å². The van der Waals surface area contributed by atoms with Gasteiger partial charge < -0.3 is 4.90 Å². The van der Waals surface area contributed by atoms with Crippen molar-refractivity contribution in [2.24, 2.45) is 7.05 Å². The summed E-state index contributed by atoms with van der Waals surface area (Å²) in [7, 11) is 2.00. The average Bonchev–Trinajstić information content (AvgIpc) is 3.00. The molecule has 124 valence electrons. The summed E-state index contributed by atoms with van der Waals surface area (Å²) in [5.74, 6) is 0. The molecule has 0 atom stereocenters. The first-order valence-electron chi connectivity index (χ1n) is 8.19. The third kappa shape index (κ3) is 2.97. The number of hydrogen-bond donors (Lipinski definition) is 0. The molecule has 24 heavy (non-hydrogen) atoms. The van der Waals surface area contributed by atoms with Gasteiger partial charge in [-0.15, -0.1) is 0 Å². The van der Waals surface area contributed by atoms with E-state index in [0.717, 1.165) is 43.3 Å². The molecule has 3 heterocycles. The molecule has 0 unspecified atom stereocenters. The van der Waals surface area contributed by atoms with E-state index in [1.165, 1.54) is 16.8 Å². The Morgan fingerprint density at radius 3 is 2.62 bits per heavy atom. The summed E-state index contributed by atoms with van der Waals surface area (Å²) >= 11 is 6.09. The van der Waals surface area contributed by atoms with Crippen LogP contribution in [0.5, 0.6) is 0 Å². The molecule has 0 spiro atoms. The van der Waals surface area contributed by atoms with Crippen molar-refractivity contribution in [2.45, 2.75) is 6.54 Å². The minimum atomic E-state index is 0.730. The second kappa shape index (κ2) is 6.42. The molecule has 2 aromatic heterocycles. The number of halogens is 1. The van der Waals surface area contributed by atoms with Crippen molar-refractivity contribution in [3.05, 3.63) is 53.4 Å². The van der Waals surface area contributed by atoms with E-state index >= 15 is 0 Å². The molecule has 0 radical (unpaired) electrons. The number of benzene rings is 1. The number of pyridine rings is 1. The zero-order chi connectivity index (χ0) is 16.5. The van der Waals surface area contributed by atoms with Gasteiger partial charge >= 0.3 is 0 Å². The molecule has 0 bridgehead atoms. The molecule has 1 aromatic carbocycles. The highest BCUT2D eigenvalue weighted by Crippen LogP contribution is 2.28. The lowest BCUT2D eigenvalue weighted by molar-refractivity contribution is 0.244. The Morgan fingerprint density at radius 2 is 1.88 bits per heavy atom. The lowest BCUT2D eigenvalue weighted by Crippen LogP contribution is -2.46. The molecule has 1 fully saturated rings. The molecular formula is C18H20ClN5. The average molecular weight is 342 g/mol. The lowest BCUT2D eigenvalue weighted by Gasteiger charge is -2.36. The number of fused-ring (bicyclic) bond motifs is 1. The highest BCUT2D eigenvalue weighted by atomic mass is 35.5. The van der Waals surface area contributed by atoms with Crippen LogP contribution in [0.1, 0.15) is 5.69 Å². The van der Waals surface area contributed by atoms with Crippen LogP contribution in [-0.2, 0) is 13.6 Å². The van der Waals surface area contributed by atoms with Crippen LogP contribution < -0.4 is 4.90 Å². The summed E-state index contributed by atoms with van der Waals surface area (Å²) in [6, 6.07) is 10.1. The van der Waals surface area contributed by atoms with Gasteiger partial charge in [0.2, 0.25) is 0 Å². The predicted octanol–water partition coefficient (Wildman–Crippen LogP) is 2.94. The number of hydrogen-bond acceptors (Lipinski definition) is 4. The van der Waals surface area contributed by atoms with Gasteiger partial charge in [0.15, 0.2) is 0 Å². The normalized spacial score (nSPS) is 16.0. The van der Waals surface area contributed by atoms with Crippen molar-refractivity contribution in [1.82, 2.24) is 19.7 Å². The van der Waals surface area contributed by atoms with E-state index in [9.17, 15) is 0 Å². The van der Waals surface area contributed by atoms with Crippen LogP contribution in [0.4, 0.5) is 5.69 Å². The number of anilines is 1. The van der Waals surface area contributed by atoms with Crippen LogP contribution in [0.3, 0.4) is 0 Å². The van der Waals surface area contributed by atoms with Crippen molar-refractivity contribution in [3.8, 4) is 0 Å². The van der Waals surface area contributed by atoms with Gasteiger partial charge in [0, 0.05) is 68.3 Å². The van der Waals surface area contributed by atoms with Gasteiger partial charge in [0.25, 0.3) is 0 Å². The highest BCUT2D eigenvalue weighted by Gasteiger charge is 2.19. The van der Waals surface area contributed by atoms with Crippen LogP contribution in [0.15, 0.2) is 42.7 Å². The fourth-order valence-corrected chi connectivity index (χ4v) is 3.48. The second-order valence-corrected chi connectivity index (χ2v) is 6.64. The van der Waals surface area contributed by atoms with E-state index in [-0.39, 0.29) is 0 Å². The minimum Gasteiger partial charge on any atom is -0.368 e. The quantitative estimate of drug-likeness (QED) is 0.734. The minimum absolute atomic E-state index is 0.730. The van der Waals surface area contributed by atoms with E-state index in [1.807, 2.05) is 36.3 Å². The summed E-state index contributed by atoms with van der Waals surface area (Å²) in [6.45, 7) is 5.07. The zero-order valence-corrected chi connectivity index (χ0v) is 14.4. The fraction of sp³-hybridized carbons (Fsp3) is 0.333. The molecular weight excluding hydrogens is 322 g/mol. The highest BCUT2D eigenvalue weighted by molar-refractivity contribution is 6.31. The third-order valence-corrected chi connectivity index (χ3v) is 4.94. The first-order valence-corrected chi connectivity index (χ1v) is 8.57. The van der Waals surface area contributed by atoms with Crippen LogP contribution in [0, 0.1) is 0 Å². The Bertz CT molecular complexity index is 851. The zero-order valence-electron chi connectivity index (χ0n) is 13.7. The maximum absolute atomic E-state index is 6.09. The molecule has 1 saturated heterocycles. The summed E-state index contributed by atoms with van der Waals surface area (Å²) in [5.41, 5.74) is 3.46. The van der Waals surface area contributed by atoms with E-state index in [4.69, 9.17) is 11.6 Å². The largest absolute Gasteiger partial charge is 0.368 e. The Morgan fingerprint density at radius 1 is 1.04 bits per heavy atom. The fourth-order valence-electron chi connectivity index (χ4n) is 3.31. The Balaban J connectivity index is 1.49. The predicted molar refractivity (Wildman–Crippen MR) is 97.5 cm³/mol. The SMILES string of the molecule is Cn1nccc1CN1CCN(c2ccnc3cc(Cl)ccc23)CC1. The summed E-state index contributed by atoms with van der Waals surface area (Å²) in [6.07, 6.45) is 3.73. The molecule has 0 N–H and O–H groups in total. The van der Waals surface area contributed by atoms with Gasteiger partial charge in [-0.3, -0.25) is 14.6 Å². The smallest absolute Gasteiger partial charge is 0.0737 e. The Kier molecular flexibility index (Phi) is 4.12.